The molecule has 0 saturated heterocycles. The largest absolute Gasteiger partial charge is 0.393 e. The molecule has 0 radical (unpaired) electrons. The Kier molecular flexibility index (Phi) is 5.89. The van der Waals surface area contributed by atoms with Gasteiger partial charge in [-0.15, -0.1) is 0 Å². The van der Waals surface area contributed by atoms with E-state index < -0.39 is 0 Å². The van der Waals surface area contributed by atoms with E-state index in [1.54, 1.807) is 24.3 Å². The van der Waals surface area contributed by atoms with Crippen molar-refractivity contribution in [1.82, 2.24) is 15.4 Å². The van der Waals surface area contributed by atoms with Crippen LogP contribution in [0.3, 0.4) is 0 Å². The molecular formula is C17H14BrIN6O. The van der Waals surface area contributed by atoms with Crippen LogP contribution in [0.1, 0.15) is 10.4 Å². The molecule has 0 aliphatic heterocycles. The molecule has 1 amide bonds. The van der Waals surface area contributed by atoms with E-state index in [4.69, 9.17) is 5.73 Å². The van der Waals surface area contributed by atoms with Gasteiger partial charge in [-0.1, -0.05) is 15.9 Å². The number of hydrogen-bond donors (Lipinski definition) is 4. The fourth-order valence-electron chi connectivity index (χ4n) is 2.05. The Morgan fingerprint density at radius 2 is 1.65 bits per heavy atom. The zero-order valence-corrected chi connectivity index (χ0v) is 17.1. The van der Waals surface area contributed by atoms with Crippen molar-refractivity contribution in [1.29, 1.82) is 0 Å². The van der Waals surface area contributed by atoms with Crippen molar-refractivity contribution in [2.75, 3.05) is 16.5 Å². The summed E-state index contributed by atoms with van der Waals surface area (Å²) in [6.45, 7) is 0. The van der Waals surface area contributed by atoms with Crippen LogP contribution in [0.15, 0.2) is 59.3 Å². The Labute approximate surface area is 172 Å². The molecule has 0 saturated carbocycles. The van der Waals surface area contributed by atoms with E-state index in [-0.39, 0.29) is 5.91 Å². The highest BCUT2D eigenvalue weighted by Gasteiger charge is 2.10. The molecule has 0 aliphatic rings. The minimum atomic E-state index is -0.303. The second kappa shape index (κ2) is 8.32. The lowest BCUT2D eigenvalue weighted by Gasteiger charge is -2.13. The molecule has 132 valence electrons. The summed E-state index contributed by atoms with van der Waals surface area (Å²) in [5, 5.41) is 3.13. The number of aromatic nitrogens is 2. The summed E-state index contributed by atoms with van der Waals surface area (Å²) in [6, 6.07) is 14.8. The number of nitrogens with one attached hydrogen (secondary N) is 3. The number of amides is 1. The van der Waals surface area contributed by atoms with E-state index in [1.807, 2.05) is 24.3 Å². The fourth-order valence-corrected chi connectivity index (χ4v) is 2.68. The van der Waals surface area contributed by atoms with Gasteiger partial charge in [0.1, 0.15) is 12.0 Å². The Balaban J connectivity index is 1.69. The molecule has 0 bridgehead atoms. The van der Waals surface area contributed by atoms with Gasteiger partial charge in [0, 0.05) is 19.3 Å². The number of carbonyl (C=O) groups excluding carboxylic acids is 1. The molecule has 3 aromatic rings. The Morgan fingerprint density at radius 3 is 2.35 bits per heavy atom. The molecule has 5 N–H and O–H groups in total. The zero-order valence-electron chi connectivity index (χ0n) is 13.3. The lowest BCUT2D eigenvalue weighted by atomic mass is 10.2. The summed E-state index contributed by atoms with van der Waals surface area (Å²) in [6.07, 6.45) is 1.36. The minimum absolute atomic E-state index is 0.294. The van der Waals surface area contributed by atoms with Crippen LogP contribution in [0.4, 0.5) is 23.0 Å². The quantitative estimate of drug-likeness (QED) is 0.298. The molecule has 0 aliphatic carbocycles. The van der Waals surface area contributed by atoms with Crippen molar-refractivity contribution in [3.63, 3.8) is 0 Å². The van der Waals surface area contributed by atoms with Gasteiger partial charge in [0.05, 0.1) is 0 Å². The van der Waals surface area contributed by atoms with Gasteiger partial charge in [-0.2, -0.15) is 0 Å². The monoisotopic (exact) mass is 524 g/mol. The summed E-state index contributed by atoms with van der Waals surface area (Å²) < 4.78 is 2.02. The topological polar surface area (TPSA) is 105 Å². The van der Waals surface area contributed by atoms with Crippen molar-refractivity contribution >= 4 is 67.4 Å². The van der Waals surface area contributed by atoms with Gasteiger partial charge in [-0.25, -0.2) is 9.97 Å². The van der Waals surface area contributed by atoms with E-state index in [0.717, 1.165) is 13.7 Å². The number of carbonyl (C=O) groups is 1. The van der Waals surface area contributed by atoms with Gasteiger partial charge >= 0.3 is 0 Å². The van der Waals surface area contributed by atoms with Crippen molar-refractivity contribution in [2.45, 2.75) is 0 Å². The lowest BCUT2D eigenvalue weighted by Crippen LogP contribution is -2.30. The number of rotatable bonds is 5. The third-order valence-electron chi connectivity index (χ3n) is 3.39. The molecule has 0 fully saturated rings. The maximum Gasteiger partial charge on any atom is 0.269 e. The fraction of sp³-hybridized carbons (Fsp3) is 0. The first-order chi connectivity index (χ1) is 12.5. The first kappa shape index (κ1) is 18.4. The van der Waals surface area contributed by atoms with Gasteiger partial charge in [-0.3, -0.25) is 15.6 Å². The number of hydrogen-bond acceptors (Lipinski definition) is 6. The summed E-state index contributed by atoms with van der Waals surface area (Å²) in [4.78, 5) is 20.4. The Bertz CT molecular complexity index is 918. The second-order valence-electron chi connectivity index (χ2n) is 5.20. The Hall–Kier alpha value is -2.40. The van der Waals surface area contributed by atoms with Crippen LogP contribution in [0.25, 0.3) is 0 Å². The maximum absolute atomic E-state index is 12.2. The summed E-state index contributed by atoms with van der Waals surface area (Å²) in [5.74, 6) is 0.447. The summed E-state index contributed by atoms with van der Waals surface area (Å²) in [5.41, 5.74) is 13.0. The number of halogens is 2. The number of hydrazine groups is 1. The van der Waals surface area contributed by atoms with E-state index in [2.05, 4.69) is 64.7 Å². The van der Waals surface area contributed by atoms with Crippen LogP contribution < -0.4 is 21.9 Å². The predicted molar refractivity (Wildman–Crippen MR) is 114 cm³/mol. The highest BCUT2D eigenvalue weighted by Crippen LogP contribution is 2.25. The van der Waals surface area contributed by atoms with Gasteiger partial charge in [0.15, 0.2) is 11.6 Å². The molecule has 0 unspecified atom stereocenters. The summed E-state index contributed by atoms with van der Waals surface area (Å²) in [7, 11) is 0. The van der Waals surface area contributed by atoms with E-state index in [1.165, 1.54) is 6.33 Å². The molecule has 3 rings (SSSR count). The lowest BCUT2D eigenvalue weighted by molar-refractivity contribution is 0.0962. The van der Waals surface area contributed by atoms with Crippen molar-refractivity contribution in [2.24, 2.45) is 0 Å². The average molecular weight is 525 g/mol. The minimum Gasteiger partial charge on any atom is -0.393 e. The molecule has 0 spiro atoms. The standard InChI is InChI=1S/C17H14BrIN6O/c18-11-3-1-10(2-4-11)17(26)25-24-16-14(20)15(21-9-22-16)23-13-7-5-12(19)6-8-13/h1-9H,20H2,(H,25,26)(H2,21,22,23,24). The molecule has 0 atom stereocenters. The van der Waals surface area contributed by atoms with Gasteiger partial charge in [-0.05, 0) is 71.1 Å². The predicted octanol–water partition coefficient (Wildman–Crippen LogP) is 3.93. The Morgan fingerprint density at radius 1 is 1.00 bits per heavy atom. The van der Waals surface area contributed by atoms with Crippen LogP contribution >= 0.6 is 38.5 Å². The maximum atomic E-state index is 12.2. The van der Waals surface area contributed by atoms with Gasteiger partial charge < -0.3 is 11.1 Å². The average Bonchev–Trinajstić information content (AvgIpc) is 2.64. The normalized spacial score (nSPS) is 10.2. The zero-order chi connectivity index (χ0) is 18.5. The molecular weight excluding hydrogens is 511 g/mol. The third kappa shape index (κ3) is 4.61. The van der Waals surface area contributed by atoms with Crippen LogP contribution in [0, 0.1) is 3.57 Å². The molecule has 26 heavy (non-hydrogen) atoms. The first-order valence-electron chi connectivity index (χ1n) is 7.48. The number of benzene rings is 2. The van der Waals surface area contributed by atoms with Crippen LogP contribution in [-0.2, 0) is 0 Å². The molecule has 1 aromatic heterocycles. The van der Waals surface area contributed by atoms with E-state index in [9.17, 15) is 4.79 Å². The molecule has 7 nitrogen and oxygen atoms in total. The van der Waals surface area contributed by atoms with Crippen LogP contribution in [0.5, 0.6) is 0 Å². The number of nitrogens with zero attached hydrogens (tertiary/aromatic N) is 2. The molecule has 1 heterocycles. The van der Waals surface area contributed by atoms with Gasteiger partial charge in [0.2, 0.25) is 0 Å². The molecule has 9 heteroatoms. The smallest absolute Gasteiger partial charge is 0.269 e. The van der Waals surface area contributed by atoms with Crippen LogP contribution in [-0.4, -0.2) is 15.9 Å². The van der Waals surface area contributed by atoms with E-state index >= 15 is 0 Å². The highest BCUT2D eigenvalue weighted by atomic mass is 127. The van der Waals surface area contributed by atoms with Gasteiger partial charge in [0.25, 0.3) is 5.91 Å². The van der Waals surface area contributed by atoms with Crippen LogP contribution in [0.2, 0.25) is 0 Å². The van der Waals surface area contributed by atoms with Crippen molar-refractivity contribution in [3.8, 4) is 0 Å². The number of nitrogen functional groups attached to an aromatic ring is 1. The second-order valence-corrected chi connectivity index (χ2v) is 7.36. The highest BCUT2D eigenvalue weighted by molar-refractivity contribution is 14.1. The van der Waals surface area contributed by atoms with Crippen molar-refractivity contribution in [3.05, 3.63) is 68.5 Å². The molecule has 2 aromatic carbocycles. The number of anilines is 4. The first-order valence-corrected chi connectivity index (χ1v) is 9.35. The SMILES string of the molecule is Nc1c(NNC(=O)c2ccc(Br)cc2)ncnc1Nc1ccc(I)cc1. The summed E-state index contributed by atoms with van der Waals surface area (Å²) >= 11 is 5.56. The van der Waals surface area contributed by atoms with E-state index in [0.29, 0.717) is 22.9 Å². The number of nitrogens with two attached hydrogens (primary N) is 1. The van der Waals surface area contributed by atoms with Crippen molar-refractivity contribution < 1.29 is 4.79 Å². The third-order valence-corrected chi connectivity index (χ3v) is 4.64.